The molecule has 22 nitrogen and oxygen atoms in total. The minimum Gasteiger partial charge on any atom is -0.462 e. The van der Waals surface area contributed by atoms with Crippen molar-refractivity contribution in [1.82, 2.24) is 45.9 Å². The third-order valence-corrected chi connectivity index (χ3v) is 19.6. The van der Waals surface area contributed by atoms with E-state index in [0.29, 0.717) is 61.4 Å². The fourth-order valence-electron chi connectivity index (χ4n) is 7.99. The van der Waals surface area contributed by atoms with Crippen molar-refractivity contribution in [2.24, 2.45) is 5.10 Å². The number of hydrogen-bond donors (Lipinski definition) is 4. The van der Waals surface area contributed by atoms with Crippen LogP contribution in [0.5, 0.6) is 17.2 Å². The van der Waals surface area contributed by atoms with Crippen molar-refractivity contribution in [3.8, 4) is 17.2 Å². The van der Waals surface area contributed by atoms with Gasteiger partial charge in [0.25, 0.3) is 0 Å². The standard InChI is InChI=1S/C36H45N7O5S.C16H29N3O7P3S.9CH4.ClH.Cm.Co/c1-2-26-10-14-29(15-11-26)47-21-22-48-30-16-12-27(13-17-30)18-20-38-34(45)24-43-23-28(41-42-43)7-5-6-19-37-33(44)9-4-3-8-32-35-31(25-49-32)39-36(46)40-35;1-17-18(2)27(30)26-16-9-7-15(8-10-16)11-12-19(13-28(20,22-3)23-4)14-29(21,24-5)25-6;;;;;;;;;;;;/h2,10-17,21-23,31-32,35H,1,3-9,18-20,24-25H2,(H,37,44)(H,38,45)(H2,39,40,46);7-10H,1,11-14H2,2-6H3;9*1H4;1H;;/q;+1;;;;;;;;;;;;. The van der Waals surface area contributed by atoms with Crippen molar-refractivity contribution in [3.63, 3.8) is 0 Å². The van der Waals surface area contributed by atoms with E-state index in [1.807, 2.05) is 84.6 Å². The van der Waals surface area contributed by atoms with Gasteiger partial charge >= 0.3 is 28.3 Å². The van der Waals surface area contributed by atoms with Crippen LogP contribution in [0.3, 0.4) is 0 Å². The number of hydrogen-bond acceptors (Lipinski definition) is 18. The third kappa shape index (κ3) is 36.4. The van der Waals surface area contributed by atoms with Crippen molar-refractivity contribution >= 4 is 88.9 Å². The molecule has 0 spiro atoms. The van der Waals surface area contributed by atoms with Gasteiger partial charge in [-0.3, -0.25) is 28.1 Å². The number of ether oxygens (including phenoxy) is 2. The van der Waals surface area contributed by atoms with E-state index in [1.165, 1.54) is 45.7 Å². The Hall–Kier alpha value is -5.71. The summed E-state index contributed by atoms with van der Waals surface area (Å²) >= 11 is 7.14. The predicted molar refractivity (Wildman–Crippen MR) is 380 cm³/mol. The predicted octanol–water partition coefficient (Wildman–Crippen LogP) is 14.6. The Balaban J connectivity index is -0.000000243. The summed E-state index contributed by atoms with van der Waals surface area (Å²) in [6.07, 6.45) is 13.5. The number of benzene rings is 3. The molecule has 6 rings (SSSR count). The number of carbonyl (C=O) groups excluding carboxylic acids is 3. The zero-order valence-electron chi connectivity index (χ0n) is 46.5. The summed E-state index contributed by atoms with van der Waals surface area (Å²) in [7, 11) is -1.11. The first-order valence-electron chi connectivity index (χ1n) is 25.6. The van der Waals surface area contributed by atoms with Crippen LogP contribution < -0.4 is 35.3 Å². The van der Waals surface area contributed by atoms with E-state index in [2.05, 4.69) is 50.0 Å². The number of halogens is 1. The SMILES string of the molecule is C.C.C.C.C.C.C.C.C.C=Cc1ccc(OC=COc2ccc(CCNC(=O)Cn3cc(CCCCNC(=O)CCCCC4SCC5NC(=O)NC54)nn3)cc2)cc1.C=NN(C)[P+](=S)Oc1ccc(CCN(CP(=O)(OC)OC)CP(=O)(OC)OC)cc1.Cl.[Cm].[Co]. The zero-order valence-corrected chi connectivity index (χ0v) is 55.7. The number of amides is 4. The Morgan fingerprint density at radius 1 is 0.758 bits per heavy atom. The van der Waals surface area contributed by atoms with Crippen molar-refractivity contribution in [2.75, 3.05) is 73.4 Å². The van der Waals surface area contributed by atoms with Crippen LogP contribution in [0, 0.1) is 0 Å². The molecule has 1 aromatic heterocycles. The summed E-state index contributed by atoms with van der Waals surface area (Å²) in [6, 6.07) is 23.0. The van der Waals surface area contributed by atoms with Crippen LogP contribution in [-0.4, -0.2) is 140 Å². The molecule has 2 fully saturated rings. The number of fused-ring (bicyclic) bond motifs is 1. The summed E-state index contributed by atoms with van der Waals surface area (Å²) in [5.41, 5.74) is 3.91. The Morgan fingerprint density at radius 3 is 1.80 bits per heavy atom. The molecule has 91 heavy (non-hydrogen) atoms. The number of carbonyl (C=O) groups is 3. The zero-order chi connectivity index (χ0) is 57.0. The summed E-state index contributed by atoms with van der Waals surface area (Å²) in [5.74, 6) is 2.92. The molecule has 4 atom stereocenters. The average molecular weight is 1680 g/mol. The van der Waals surface area contributed by atoms with Crippen LogP contribution in [0.2, 0.25) is 0 Å². The molecule has 0 bridgehead atoms. The maximum absolute atomic E-state index is 12.6. The van der Waals surface area contributed by atoms with Gasteiger partial charge in [0.2, 0.25) is 23.6 Å². The van der Waals surface area contributed by atoms with Crippen LogP contribution in [0.15, 0.2) is 103 Å². The molecular weight excluding hydrogens is 1560 g/mol. The minimum absolute atomic E-state index is 0. The van der Waals surface area contributed by atoms with Gasteiger partial charge in [0.1, 0.15) is 43.1 Å². The molecule has 2 aliphatic rings. The van der Waals surface area contributed by atoms with E-state index in [1.54, 1.807) is 28.9 Å². The molecular formula is C61H111ClCmCoN10O12P3S2+. The van der Waals surface area contributed by atoms with E-state index in [0.717, 1.165) is 66.7 Å². The molecule has 0 aliphatic carbocycles. The van der Waals surface area contributed by atoms with Gasteiger partial charge in [0.15, 0.2) is 5.75 Å². The Morgan fingerprint density at radius 2 is 1.27 bits per heavy atom. The maximum Gasteiger partial charge on any atom is 0.540 e. The first-order valence-corrected chi connectivity index (χ1v) is 32.3. The Bertz CT molecular complexity index is 2690. The van der Waals surface area contributed by atoms with Gasteiger partial charge in [0, 0.05) is 95.2 Å². The van der Waals surface area contributed by atoms with E-state index in [9.17, 15) is 23.5 Å². The number of aryl methyl sites for hydroxylation is 1. The summed E-state index contributed by atoms with van der Waals surface area (Å²) in [4.78, 5) is 37.8. The van der Waals surface area contributed by atoms with Crippen LogP contribution in [0.1, 0.15) is 128 Å². The second kappa shape index (κ2) is 53.8. The molecule has 0 saturated carbocycles. The fraction of sp³-hybridized carbons (Fsp3) is 0.541. The number of nitrogens with one attached hydrogen (secondary N) is 4. The van der Waals surface area contributed by atoms with Crippen molar-refractivity contribution in [2.45, 2.75) is 149 Å². The fourth-order valence-corrected chi connectivity index (χ4v) is 12.9. The Labute approximate surface area is 568 Å². The van der Waals surface area contributed by atoms with Crippen molar-refractivity contribution in [1.29, 1.82) is 0 Å². The van der Waals surface area contributed by atoms with E-state index >= 15 is 0 Å². The maximum atomic E-state index is 12.6. The van der Waals surface area contributed by atoms with E-state index < -0.39 is 22.3 Å². The van der Waals surface area contributed by atoms with Gasteiger partial charge in [-0.2, -0.15) is 11.8 Å². The van der Waals surface area contributed by atoms with Gasteiger partial charge < -0.3 is 48.8 Å². The topological polar surface area (TPSA) is 248 Å². The number of nitrogens with zero attached hydrogens (tertiary/aromatic N) is 6. The van der Waals surface area contributed by atoms with Gasteiger partial charge in [-0.15, -0.1) is 22.6 Å². The smallest absolute Gasteiger partial charge is 0.462 e. The van der Waals surface area contributed by atoms with Gasteiger partial charge in [-0.1, -0.05) is 132 Å². The average Bonchev–Trinajstić information content (AvgIpc) is 2.79. The monoisotopic (exact) mass is 1670 g/mol. The third-order valence-electron chi connectivity index (χ3n) is 12.5. The van der Waals surface area contributed by atoms with Gasteiger partial charge in [0.05, 0.1) is 24.8 Å². The molecule has 3 heterocycles. The molecule has 30 heteroatoms. The quantitative estimate of drug-likeness (QED) is 0.00835. The van der Waals surface area contributed by atoms with Crippen LogP contribution >= 0.6 is 46.4 Å². The van der Waals surface area contributed by atoms with Crippen LogP contribution in [0.4, 0.5) is 4.79 Å². The van der Waals surface area contributed by atoms with Crippen molar-refractivity contribution < 1.29 is 72.4 Å². The summed E-state index contributed by atoms with van der Waals surface area (Å²) < 4.78 is 65.0. The molecule has 4 amide bonds. The van der Waals surface area contributed by atoms with E-state index in [4.69, 9.17) is 43.9 Å². The molecule has 2 saturated heterocycles. The van der Waals surface area contributed by atoms with E-state index in [-0.39, 0.29) is 145 Å². The number of hydrazone groups is 1. The number of urea groups is 1. The molecule has 3 aromatic carbocycles. The normalized spacial score (nSPS) is 13.9. The number of aromatic nitrogens is 3. The number of thioether (sulfide) groups is 1. The summed E-state index contributed by atoms with van der Waals surface area (Å²) in [5, 5.41) is 24.3. The second-order valence-corrected chi connectivity index (χ2v) is 26.0. The first kappa shape index (κ1) is 101. The molecule has 1 radical (unpaired) electrons. The molecule has 2 aliphatic heterocycles. The van der Waals surface area contributed by atoms with Crippen LogP contribution in [-0.2, 0) is 91.2 Å². The van der Waals surface area contributed by atoms with Gasteiger partial charge in [-0.25, -0.2) is 9.48 Å². The molecule has 527 valence electrons. The molecule has 4 N–H and O–H groups in total. The summed E-state index contributed by atoms with van der Waals surface area (Å²) in [6.45, 7) is 8.81. The minimum atomic E-state index is -3.36. The van der Waals surface area contributed by atoms with Crippen LogP contribution in [0.25, 0.3) is 6.08 Å². The van der Waals surface area contributed by atoms with Crippen molar-refractivity contribution in [3.05, 3.63) is 120 Å². The first-order chi connectivity index (χ1) is 38.1. The number of rotatable bonds is 35. The number of unbranched alkanes of at least 4 members (excludes halogenated alkanes) is 2. The molecule has 4 aromatic rings. The second-order valence-electron chi connectivity index (χ2n) is 18.1. The van der Waals surface area contributed by atoms with Gasteiger partial charge in [-0.05, 0) is 98.0 Å². The Kier molecular flexibility index (Phi) is 59.9. The molecule has 4 unspecified atom stereocenters. The largest absolute Gasteiger partial charge is 0.540 e.